The van der Waals surface area contributed by atoms with Crippen molar-refractivity contribution < 1.29 is 4.79 Å². The molecule has 0 radical (unpaired) electrons. The maximum absolute atomic E-state index is 11.4. The van der Waals surface area contributed by atoms with Gasteiger partial charge >= 0.3 is 0 Å². The van der Waals surface area contributed by atoms with Crippen LogP contribution in [0.15, 0.2) is 24.3 Å². The molecule has 2 aromatic rings. The summed E-state index contributed by atoms with van der Waals surface area (Å²) in [4.78, 5) is 11.4. The first-order valence-corrected chi connectivity index (χ1v) is 7.66. The Balaban J connectivity index is 1.83. The summed E-state index contributed by atoms with van der Waals surface area (Å²) >= 11 is 0. The highest BCUT2D eigenvalue weighted by Gasteiger charge is 2.26. The second kappa shape index (κ2) is 5.85. The van der Waals surface area contributed by atoms with Gasteiger partial charge in [-0.15, -0.1) is 0 Å². The van der Waals surface area contributed by atoms with Crippen molar-refractivity contribution >= 4 is 16.8 Å². The number of nitrogens with two attached hydrogens (primary N) is 1. The van der Waals surface area contributed by atoms with Crippen LogP contribution in [-0.2, 0) is 17.8 Å². The van der Waals surface area contributed by atoms with E-state index < -0.39 is 0 Å². The average molecular weight is 286 g/mol. The van der Waals surface area contributed by atoms with Crippen molar-refractivity contribution in [2.24, 2.45) is 11.7 Å². The number of para-hydroxylation sites is 1. The third kappa shape index (κ3) is 2.78. The van der Waals surface area contributed by atoms with E-state index >= 15 is 0 Å². The van der Waals surface area contributed by atoms with Crippen LogP contribution in [0, 0.1) is 5.92 Å². The number of fused-ring (bicyclic) bond motifs is 1. The predicted octanol–water partition coefficient (Wildman–Crippen LogP) is 1.45. The third-order valence-electron chi connectivity index (χ3n) is 4.37. The summed E-state index contributed by atoms with van der Waals surface area (Å²) in [5.41, 5.74) is 7.75. The molecule has 1 aromatic carbocycles. The van der Waals surface area contributed by atoms with Crippen LogP contribution in [0.1, 0.15) is 25.5 Å². The van der Waals surface area contributed by atoms with Crippen molar-refractivity contribution in [1.29, 1.82) is 0 Å². The minimum absolute atomic E-state index is 0.191. The molecule has 0 saturated carbocycles. The van der Waals surface area contributed by atoms with Crippen molar-refractivity contribution in [3.63, 3.8) is 0 Å². The van der Waals surface area contributed by atoms with Gasteiger partial charge in [0.1, 0.15) is 0 Å². The lowest BCUT2D eigenvalue weighted by atomic mass is 9.88. The molecule has 2 heterocycles. The molecule has 1 aromatic heterocycles. The smallest absolute Gasteiger partial charge is 0.234 e. The normalized spacial score (nSPS) is 22.5. The minimum atomic E-state index is -0.247. The first kappa shape index (κ1) is 14.1. The molecule has 3 rings (SSSR count). The Morgan fingerprint density at radius 1 is 1.48 bits per heavy atom. The van der Waals surface area contributed by atoms with Gasteiger partial charge in [0.2, 0.25) is 5.91 Å². The highest BCUT2D eigenvalue weighted by Crippen LogP contribution is 2.25. The van der Waals surface area contributed by atoms with Crippen LogP contribution in [-0.4, -0.2) is 28.3 Å². The lowest BCUT2D eigenvalue weighted by molar-refractivity contribution is -0.120. The number of hydrogen-bond acceptors (Lipinski definition) is 3. The zero-order valence-electron chi connectivity index (χ0n) is 12.4. The fourth-order valence-electron chi connectivity index (χ4n) is 3.26. The molecule has 5 nitrogen and oxygen atoms in total. The Morgan fingerprint density at radius 3 is 3.05 bits per heavy atom. The van der Waals surface area contributed by atoms with E-state index in [2.05, 4.69) is 35.1 Å². The van der Waals surface area contributed by atoms with E-state index in [9.17, 15) is 4.79 Å². The summed E-state index contributed by atoms with van der Waals surface area (Å²) < 4.78 is 2.05. The second-order valence-corrected chi connectivity index (χ2v) is 5.78. The summed E-state index contributed by atoms with van der Waals surface area (Å²) in [6, 6.07) is 8.17. The SMILES string of the molecule is CCn1nc(CC2CCNC(C(N)=O)C2)c2ccccc21. The molecular weight excluding hydrogens is 264 g/mol. The number of primary amides is 1. The first-order valence-electron chi connectivity index (χ1n) is 7.66. The molecule has 1 saturated heterocycles. The highest BCUT2D eigenvalue weighted by molar-refractivity contribution is 5.82. The third-order valence-corrected chi connectivity index (χ3v) is 4.37. The molecule has 0 aliphatic carbocycles. The van der Waals surface area contributed by atoms with Crippen LogP contribution in [0.3, 0.4) is 0 Å². The van der Waals surface area contributed by atoms with E-state index in [1.807, 2.05) is 6.07 Å². The Labute approximate surface area is 124 Å². The maximum Gasteiger partial charge on any atom is 0.234 e. The Morgan fingerprint density at radius 2 is 2.29 bits per heavy atom. The fourth-order valence-corrected chi connectivity index (χ4v) is 3.26. The molecule has 0 spiro atoms. The van der Waals surface area contributed by atoms with Crippen molar-refractivity contribution in [3.05, 3.63) is 30.0 Å². The van der Waals surface area contributed by atoms with E-state index in [1.54, 1.807) is 0 Å². The van der Waals surface area contributed by atoms with E-state index in [1.165, 1.54) is 10.9 Å². The number of carbonyl (C=O) groups excluding carboxylic acids is 1. The number of nitrogens with one attached hydrogen (secondary N) is 1. The number of hydrogen-bond donors (Lipinski definition) is 2. The van der Waals surface area contributed by atoms with Crippen LogP contribution in [0.5, 0.6) is 0 Å². The van der Waals surface area contributed by atoms with Crippen LogP contribution in [0.4, 0.5) is 0 Å². The van der Waals surface area contributed by atoms with Gasteiger partial charge in [-0.3, -0.25) is 9.48 Å². The zero-order chi connectivity index (χ0) is 14.8. The summed E-state index contributed by atoms with van der Waals surface area (Å²) in [5, 5.41) is 9.17. The monoisotopic (exact) mass is 286 g/mol. The topological polar surface area (TPSA) is 72.9 Å². The van der Waals surface area contributed by atoms with E-state index in [0.29, 0.717) is 5.92 Å². The number of nitrogens with zero attached hydrogens (tertiary/aromatic N) is 2. The molecular formula is C16H22N4O. The Kier molecular flexibility index (Phi) is 3.92. The summed E-state index contributed by atoms with van der Waals surface area (Å²) in [5.74, 6) is 0.219. The standard InChI is InChI=1S/C16H22N4O/c1-2-20-15-6-4-3-5-12(15)13(19-20)9-11-7-8-18-14(10-11)16(17)21/h3-6,11,14,18H,2,7-10H2,1H3,(H2,17,21). The molecule has 1 fully saturated rings. The van der Waals surface area contributed by atoms with Gasteiger partial charge < -0.3 is 11.1 Å². The van der Waals surface area contributed by atoms with E-state index in [-0.39, 0.29) is 11.9 Å². The van der Waals surface area contributed by atoms with Crippen LogP contribution in [0.2, 0.25) is 0 Å². The summed E-state index contributed by atoms with van der Waals surface area (Å²) in [6.07, 6.45) is 2.79. The number of benzene rings is 1. The maximum atomic E-state index is 11.4. The van der Waals surface area contributed by atoms with Crippen LogP contribution >= 0.6 is 0 Å². The quantitative estimate of drug-likeness (QED) is 0.893. The fraction of sp³-hybridized carbons (Fsp3) is 0.500. The Hall–Kier alpha value is -1.88. The molecule has 0 bridgehead atoms. The number of piperidine rings is 1. The lowest BCUT2D eigenvalue weighted by Gasteiger charge is -2.28. The van der Waals surface area contributed by atoms with Crippen LogP contribution < -0.4 is 11.1 Å². The van der Waals surface area contributed by atoms with Crippen molar-refractivity contribution in [1.82, 2.24) is 15.1 Å². The number of aryl methyl sites for hydroxylation is 1. The van der Waals surface area contributed by atoms with Gasteiger partial charge in [0, 0.05) is 11.9 Å². The highest BCUT2D eigenvalue weighted by atomic mass is 16.1. The first-order chi connectivity index (χ1) is 10.2. The summed E-state index contributed by atoms with van der Waals surface area (Å²) in [7, 11) is 0. The molecule has 1 amide bonds. The van der Waals surface area contributed by atoms with Gasteiger partial charge in [0.25, 0.3) is 0 Å². The molecule has 1 aliphatic heterocycles. The molecule has 2 atom stereocenters. The molecule has 3 N–H and O–H groups in total. The van der Waals surface area contributed by atoms with Gasteiger partial charge in [-0.2, -0.15) is 5.10 Å². The van der Waals surface area contributed by atoms with Crippen molar-refractivity contribution in [3.8, 4) is 0 Å². The molecule has 21 heavy (non-hydrogen) atoms. The number of aromatic nitrogens is 2. The molecule has 112 valence electrons. The molecule has 5 heteroatoms. The van der Waals surface area contributed by atoms with Crippen LogP contribution in [0.25, 0.3) is 10.9 Å². The number of carbonyl (C=O) groups is 1. The van der Waals surface area contributed by atoms with Crippen molar-refractivity contribution in [2.45, 2.75) is 38.8 Å². The Bertz CT molecular complexity index is 649. The average Bonchev–Trinajstić information content (AvgIpc) is 2.86. The van der Waals surface area contributed by atoms with E-state index in [4.69, 9.17) is 10.8 Å². The molecule has 1 aliphatic rings. The largest absolute Gasteiger partial charge is 0.368 e. The predicted molar refractivity (Wildman–Crippen MR) is 82.8 cm³/mol. The van der Waals surface area contributed by atoms with Gasteiger partial charge in [-0.25, -0.2) is 0 Å². The van der Waals surface area contributed by atoms with Gasteiger partial charge in [-0.1, -0.05) is 18.2 Å². The van der Waals surface area contributed by atoms with Crippen molar-refractivity contribution in [2.75, 3.05) is 6.54 Å². The molecule has 2 unspecified atom stereocenters. The van der Waals surface area contributed by atoms with Gasteiger partial charge in [-0.05, 0) is 44.7 Å². The van der Waals surface area contributed by atoms with E-state index in [0.717, 1.165) is 38.0 Å². The van der Waals surface area contributed by atoms with Gasteiger partial charge in [0.05, 0.1) is 17.3 Å². The number of rotatable bonds is 4. The van der Waals surface area contributed by atoms with Gasteiger partial charge in [0.15, 0.2) is 0 Å². The number of amides is 1. The minimum Gasteiger partial charge on any atom is -0.368 e. The summed E-state index contributed by atoms with van der Waals surface area (Å²) in [6.45, 7) is 3.83. The second-order valence-electron chi connectivity index (χ2n) is 5.78. The zero-order valence-corrected chi connectivity index (χ0v) is 12.4. The lowest BCUT2D eigenvalue weighted by Crippen LogP contribution is -2.47.